The molecule has 0 aromatic carbocycles. The van der Waals surface area contributed by atoms with Crippen LogP contribution in [-0.4, -0.2) is 24.4 Å². The number of carbonyl (C=O) groups is 1. The molecule has 0 aliphatic carbocycles. The quantitative estimate of drug-likeness (QED) is 0.412. The number of nitrogens with one attached hydrogen (secondary N) is 1. The van der Waals surface area contributed by atoms with Crippen LogP contribution in [0.2, 0.25) is 0 Å². The largest absolute Gasteiger partial charge is 0.502 e. The summed E-state index contributed by atoms with van der Waals surface area (Å²) in [5, 5.41) is 3.47. The van der Waals surface area contributed by atoms with Gasteiger partial charge < -0.3 is 10.1 Å². The highest BCUT2D eigenvalue weighted by Crippen LogP contribution is 1.87. The molecule has 0 radical (unpaired) electrons. The van der Waals surface area contributed by atoms with Crippen LogP contribution < -0.4 is 5.32 Å². The Morgan fingerprint density at radius 2 is 2.42 bits per heavy atom. The highest BCUT2D eigenvalue weighted by atomic mass is 79.9. The van der Waals surface area contributed by atoms with Gasteiger partial charge in [-0.15, -0.1) is 0 Å². The van der Waals surface area contributed by atoms with Gasteiger partial charge in [0.05, 0.1) is 12.9 Å². The monoisotopic (exact) mass is 235 g/mol. The predicted molar refractivity (Wildman–Crippen MR) is 52.2 cm³/mol. The van der Waals surface area contributed by atoms with Crippen molar-refractivity contribution in [2.45, 2.75) is 12.8 Å². The highest BCUT2D eigenvalue weighted by molar-refractivity contribution is 9.09. The smallest absolute Gasteiger partial charge is 0.220 e. The van der Waals surface area contributed by atoms with Crippen LogP contribution in [-0.2, 0) is 9.53 Å². The molecule has 4 heteroatoms. The topological polar surface area (TPSA) is 38.3 Å². The number of hydrogen-bond acceptors (Lipinski definition) is 2. The lowest BCUT2D eigenvalue weighted by molar-refractivity contribution is -0.120. The summed E-state index contributed by atoms with van der Waals surface area (Å²) >= 11 is 3.19. The molecule has 0 bridgehead atoms. The van der Waals surface area contributed by atoms with Crippen LogP contribution in [0.25, 0.3) is 0 Å². The summed E-state index contributed by atoms with van der Waals surface area (Å²) < 4.78 is 4.88. The van der Waals surface area contributed by atoms with E-state index in [0.29, 0.717) is 24.9 Å². The van der Waals surface area contributed by atoms with E-state index < -0.39 is 0 Å². The third kappa shape index (κ3) is 7.60. The van der Waals surface area contributed by atoms with E-state index in [1.807, 2.05) is 0 Å². The van der Waals surface area contributed by atoms with Crippen LogP contribution in [0, 0.1) is 0 Å². The summed E-state index contributed by atoms with van der Waals surface area (Å²) in [4.78, 5) is 10.9. The first-order valence-corrected chi connectivity index (χ1v) is 4.98. The zero-order valence-electron chi connectivity index (χ0n) is 7.01. The van der Waals surface area contributed by atoms with E-state index >= 15 is 0 Å². The van der Waals surface area contributed by atoms with Gasteiger partial charge in [0, 0.05) is 18.3 Å². The number of rotatable bonds is 7. The third-order valence-corrected chi connectivity index (χ3v) is 1.60. The van der Waals surface area contributed by atoms with Crippen molar-refractivity contribution in [1.82, 2.24) is 5.32 Å². The molecule has 1 amide bonds. The minimum absolute atomic E-state index is 0.0745. The number of carbonyl (C=O) groups excluding carboxylic acids is 1. The maximum Gasteiger partial charge on any atom is 0.220 e. The van der Waals surface area contributed by atoms with Crippen molar-refractivity contribution in [2.24, 2.45) is 0 Å². The number of alkyl halides is 1. The van der Waals surface area contributed by atoms with Crippen molar-refractivity contribution >= 4 is 21.8 Å². The molecular weight excluding hydrogens is 222 g/mol. The molecule has 0 saturated carbocycles. The first-order chi connectivity index (χ1) is 5.81. The number of hydrogen-bond donors (Lipinski definition) is 1. The van der Waals surface area contributed by atoms with Gasteiger partial charge in [-0.25, -0.2) is 0 Å². The molecule has 12 heavy (non-hydrogen) atoms. The molecule has 0 fully saturated rings. The van der Waals surface area contributed by atoms with Gasteiger partial charge in [-0.3, -0.25) is 4.79 Å². The molecule has 0 aliphatic heterocycles. The molecule has 0 aromatic rings. The fourth-order valence-corrected chi connectivity index (χ4v) is 1.00. The average Bonchev–Trinajstić information content (AvgIpc) is 2.05. The zero-order chi connectivity index (χ0) is 9.23. The minimum Gasteiger partial charge on any atom is -0.502 e. The van der Waals surface area contributed by atoms with Gasteiger partial charge in [0.25, 0.3) is 0 Å². The zero-order valence-corrected chi connectivity index (χ0v) is 8.60. The molecule has 0 aliphatic rings. The molecule has 0 rings (SSSR count). The summed E-state index contributed by atoms with van der Waals surface area (Å²) in [6.45, 7) is 4.68. The standard InChI is InChI=1S/C8H14BrNO2/c1-2-12-7-3-6-10-8(11)4-5-9/h2H,1,3-7H2,(H,10,11). The second-order valence-corrected chi connectivity index (χ2v) is 2.97. The van der Waals surface area contributed by atoms with E-state index in [1.54, 1.807) is 0 Å². The molecule has 3 nitrogen and oxygen atoms in total. The van der Waals surface area contributed by atoms with Gasteiger partial charge >= 0.3 is 0 Å². The van der Waals surface area contributed by atoms with E-state index in [0.717, 1.165) is 6.42 Å². The average molecular weight is 236 g/mol. The van der Waals surface area contributed by atoms with Crippen LogP contribution in [0.1, 0.15) is 12.8 Å². The maximum atomic E-state index is 10.9. The molecule has 0 heterocycles. The number of ether oxygens (including phenoxy) is 1. The summed E-state index contributed by atoms with van der Waals surface area (Å²) in [7, 11) is 0. The van der Waals surface area contributed by atoms with Crippen molar-refractivity contribution in [1.29, 1.82) is 0 Å². The minimum atomic E-state index is 0.0745. The van der Waals surface area contributed by atoms with Crippen molar-refractivity contribution in [2.75, 3.05) is 18.5 Å². The van der Waals surface area contributed by atoms with E-state index in [9.17, 15) is 4.79 Å². The Kier molecular flexibility index (Phi) is 8.22. The summed E-state index contributed by atoms with van der Waals surface area (Å²) in [5.41, 5.74) is 0. The van der Waals surface area contributed by atoms with Gasteiger partial charge in [-0.1, -0.05) is 22.5 Å². The fraction of sp³-hybridized carbons (Fsp3) is 0.625. The summed E-state index contributed by atoms with van der Waals surface area (Å²) in [6, 6.07) is 0. The normalized spacial score (nSPS) is 9.08. The Morgan fingerprint density at radius 3 is 3.00 bits per heavy atom. The lowest BCUT2D eigenvalue weighted by Crippen LogP contribution is -2.25. The Labute approximate surface area is 81.3 Å². The van der Waals surface area contributed by atoms with Crippen molar-refractivity contribution < 1.29 is 9.53 Å². The third-order valence-electron chi connectivity index (χ3n) is 1.20. The summed E-state index contributed by atoms with van der Waals surface area (Å²) in [5.74, 6) is 0.0745. The van der Waals surface area contributed by atoms with Crippen LogP contribution in [0.15, 0.2) is 12.8 Å². The predicted octanol–water partition coefficient (Wildman–Crippen LogP) is 1.44. The Bertz CT molecular complexity index is 139. The van der Waals surface area contributed by atoms with Gasteiger partial charge in [0.1, 0.15) is 0 Å². The second-order valence-electron chi connectivity index (χ2n) is 2.18. The van der Waals surface area contributed by atoms with Gasteiger partial charge in [0.15, 0.2) is 0 Å². The second kappa shape index (κ2) is 8.59. The fourth-order valence-electron chi connectivity index (χ4n) is 0.641. The van der Waals surface area contributed by atoms with E-state index in [1.165, 1.54) is 6.26 Å². The molecule has 0 atom stereocenters. The Balaban J connectivity index is 3.08. The van der Waals surface area contributed by atoms with Gasteiger partial charge in [-0.05, 0) is 6.42 Å². The van der Waals surface area contributed by atoms with Gasteiger partial charge in [-0.2, -0.15) is 0 Å². The molecule has 0 unspecified atom stereocenters. The van der Waals surface area contributed by atoms with Crippen LogP contribution >= 0.6 is 15.9 Å². The van der Waals surface area contributed by atoms with Crippen molar-refractivity contribution in [3.05, 3.63) is 12.8 Å². The first kappa shape index (κ1) is 11.5. The number of amides is 1. The molecule has 1 N–H and O–H groups in total. The molecular formula is C8H14BrNO2. The first-order valence-electron chi connectivity index (χ1n) is 3.86. The lowest BCUT2D eigenvalue weighted by atomic mass is 10.4. The van der Waals surface area contributed by atoms with Gasteiger partial charge in [0.2, 0.25) is 5.91 Å². The molecule has 0 spiro atoms. The molecule has 0 aromatic heterocycles. The Morgan fingerprint density at radius 1 is 1.67 bits per heavy atom. The number of halogens is 1. The van der Waals surface area contributed by atoms with Crippen LogP contribution in [0.5, 0.6) is 0 Å². The maximum absolute atomic E-state index is 10.9. The van der Waals surface area contributed by atoms with Crippen molar-refractivity contribution in [3.63, 3.8) is 0 Å². The van der Waals surface area contributed by atoms with Crippen molar-refractivity contribution in [3.8, 4) is 0 Å². The molecule has 70 valence electrons. The molecule has 0 saturated heterocycles. The lowest BCUT2D eigenvalue weighted by Gasteiger charge is -2.03. The van der Waals surface area contributed by atoms with E-state index in [4.69, 9.17) is 4.74 Å². The highest BCUT2D eigenvalue weighted by Gasteiger charge is 1.96. The van der Waals surface area contributed by atoms with Crippen LogP contribution in [0.4, 0.5) is 0 Å². The Hall–Kier alpha value is -0.510. The van der Waals surface area contributed by atoms with Crippen LogP contribution in [0.3, 0.4) is 0 Å². The van der Waals surface area contributed by atoms with E-state index in [2.05, 4.69) is 27.8 Å². The SMILES string of the molecule is C=COCCCNC(=O)CCBr. The van der Waals surface area contributed by atoms with E-state index in [-0.39, 0.29) is 5.91 Å². The summed E-state index contributed by atoms with van der Waals surface area (Å²) in [6.07, 6.45) is 2.75.